The van der Waals surface area contributed by atoms with Crippen LogP contribution in [0.15, 0.2) is 30.3 Å². The lowest BCUT2D eigenvalue weighted by Crippen LogP contribution is -2.18. The van der Waals surface area contributed by atoms with Gasteiger partial charge in [0.2, 0.25) is 5.82 Å². The molecular formula is C22H24N4O5. The van der Waals surface area contributed by atoms with Crippen molar-refractivity contribution in [3.05, 3.63) is 47.3 Å². The Hall–Kier alpha value is -3.88. The molecule has 0 bridgehead atoms. The fourth-order valence-corrected chi connectivity index (χ4v) is 3.41. The summed E-state index contributed by atoms with van der Waals surface area (Å²) < 4.78 is 6.74. The van der Waals surface area contributed by atoms with E-state index < -0.39 is 5.91 Å². The van der Waals surface area contributed by atoms with Gasteiger partial charge in [-0.05, 0) is 42.7 Å². The van der Waals surface area contributed by atoms with Crippen molar-refractivity contribution in [1.82, 2.24) is 14.8 Å². The second-order valence-corrected chi connectivity index (χ2v) is 7.50. The Morgan fingerprint density at radius 3 is 2.42 bits per heavy atom. The summed E-state index contributed by atoms with van der Waals surface area (Å²) in [5.41, 5.74) is 7.45. The first-order valence-corrected chi connectivity index (χ1v) is 9.62. The number of nitrogens with zero attached hydrogens (tertiary/aromatic N) is 3. The quantitative estimate of drug-likeness (QED) is 0.529. The third kappa shape index (κ3) is 4.20. The number of benzene rings is 2. The smallest absolute Gasteiger partial charge is 0.287 e. The van der Waals surface area contributed by atoms with Gasteiger partial charge in [-0.2, -0.15) is 0 Å². The molecule has 0 aliphatic carbocycles. The van der Waals surface area contributed by atoms with Gasteiger partial charge in [0.15, 0.2) is 5.82 Å². The van der Waals surface area contributed by atoms with Crippen molar-refractivity contribution in [2.75, 3.05) is 7.11 Å². The number of ether oxygens (including phenoxy) is 1. The van der Waals surface area contributed by atoms with E-state index in [9.17, 15) is 19.8 Å². The lowest BCUT2D eigenvalue weighted by atomic mass is 9.98. The van der Waals surface area contributed by atoms with Gasteiger partial charge in [-0.25, -0.2) is 0 Å². The molecule has 0 fully saturated rings. The number of hydrogen-bond acceptors (Lipinski definition) is 7. The summed E-state index contributed by atoms with van der Waals surface area (Å²) >= 11 is 0. The minimum atomic E-state index is -0.815. The Bertz CT molecular complexity index is 1170. The highest BCUT2D eigenvalue weighted by Crippen LogP contribution is 2.38. The second-order valence-electron chi connectivity index (χ2n) is 7.50. The first kappa shape index (κ1) is 21.8. The standard InChI is InChI=1S/C22H24N4O5/c1-11(2)15-9-16(18(29)10-17(15)28)21-24-25-22(20(23)30)26(21)14-5-6-19(31-4)13(8-14)7-12(3)27/h5-6,8-11,28-29H,7H2,1-4H3,(H2,23,30). The van der Waals surface area contributed by atoms with E-state index in [1.165, 1.54) is 24.7 Å². The highest BCUT2D eigenvalue weighted by atomic mass is 16.5. The maximum atomic E-state index is 12.1. The molecule has 1 aromatic heterocycles. The van der Waals surface area contributed by atoms with Crippen molar-refractivity contribution in [2.24, 2.45) is 5.73 Å². The minimum Gasteiger partial charge on any atom is -0.508 e. The second kappa shape index (κ2) is 8.47. The van der Waals surface area contributed by atoms with Crippen LogP contribution >= 0.6 is 0 Å². The van der Waals surface area contributed by atoms with E-state index in [4.69, 9.17) is 10.5 Å². The third-order valence-corrected chi connectivity index (χ3v) is 4.85. The number of primary amides is 1. The predicted molar refractivity (Wildman–Crippen MR) is 114 cm³/mol. The normalized spacial score (nSPS) is 11.0. The van der Waals surface area contributed by atoms with Crippen molar-refractivity contribution in [3.8, 4) is 34.3 Å². The van der Waals surface area contributed by atoms with E-state index in [1.54, 1.807) is 24.3 Å². The zero-order valence-electron chi connectivity index (χ0n) is 17.7. The highest BCUT2D eigenvalue weighted by molar-refractivity contribution is 5.91. The molecule has 162 valence electrons. The van der Waals surface area contributed by atoms with Crippen LogP contribution in [-0.2, 0) is 11.2 Å². The van der Waals surface area contributed by atoms with Gasteiger partial charge in [0.25, 0.3) is 5.91 Å². The van der Waals surface area contributed by atoms with Crippen LogP contribution in [0.5, 0.6) is 17.2 Å². The average Bonchev–Trinajstić information content (AvgIpc) is 3.12. The van der Waals surface area contributed by atoms with Gasteiger partial charge in [0, 0.05) is 23.7 Å². The lowest BCUT2D eigenvalue weighted by Gasteiger charge is -2.15. The number of nitrogens with two attached hydrogens (primary N) is 1. The molecule has 2 aromatic carbocycles. The summed E-state index contributed by atoms with van der Waals surface area (Å²) in [6, 6.07) is 7.84. The van der Waals surface area contributed by atoms with Gasteiger partial charge < -0.3 is 20.7 Å². The number of phenols is 2. The van der Waals surface area contributed by atoms with E-state index in [1.807, 2.05) is 13.8 Å². The number of carbonyl (C=O) groups excluding carboxylic acids is 2. The topological polar surface area (TPSA) is 141 Å². The van der Waals surface area contributed by atoms with Crippen LogP contribution in [0, 0.1) is 0 Å². The van der Waals surface area contributed by atoms with Crippen molar-refractivity contribution in [1.29, 1.82) is 0 Å². The van der Waals surface area contributed by atoms with Gasteiger partial charge in [-0.1, -0.05) is 13.8 Å². The molecule has 0 unspecified atom stereocenters. The summed E-state index contributed by atoms with van der Waals surface area (Å²) in [5, 5.41) is 28.7. The number of phenolic OH excluding ortho intramolecular Hbond substituents is 2. The maximum absolute atomic E-state index is 12.1. The number of aromatic nitrogens is 3. The van der Waals surface area contributed by atoms with Crippen molar-refractivity contribution >= 4 is 11.7 Å². The molecule has 9 nitrogen and oxygen atoms in total. The van der Waals surface area contributed by atoms with Crippen LogP contribution in [0.4, 0.5) is 0 Å². The number of carbonyl (C=O) groups is 2. The molecule has 0 aliphatic rings. The van der Waals surface area contributed by atoms with Crippen LogP contribution in [-0.4, -0.2) is 43.8 Å². The molecule has 0 radical (unpaired) electrons. The number of amides is 1. The van der Waals surface area contributed by atoms with E-state index >= 15 is 0 Å². The van der Waals surface area contributed by atoms with Crippen molar-refractivity contribution in [2.45, 2.75) is 33.1 Å². The minimum absolute atomic E-state index is 0.0329. The van der Waals surface area contributed by atoms with Gasteiger partial charge >= 0.3 is 0 Å². The van der Waals surface area contributed by atoms with E-state index in [0.29, 0.717) is 22.6 Å². The molecule has 1 amide bonds. The SMILES string of the molecule is COc1ccc(-n2c(C(N)=O)nnc2-c2cc(C(C)C)c(O)cc2O)cc1CC(C)=O. The fraction of sp³-hybridized carbons (Fsp3) is 0.273. The Morgan fingerprint density at radius 2 is 1.84 bits per heavy atom. The zero-order valence-corrected chi connectivity index (χ0v) is 17.7. The van der Waals surface area contributed by atoms with Crippen LogP contribution < -0.4 is 10.5 Å². The molecular weight excluding hydrogens is 400 g/mol. The maximum Gasteiger partial charge on any atom is 0.287 e. The molecule has 0 saturated heterocycles. The van der Waals surface area contributed by atoms with Crippen LogP contribution in [0.1, 0.15) is 48.4 Å². The van der Waals surface area contributed by atoms with E-state index in [0.717, 1.165) is 0 Å². The fourth-order valence-electron chi connectivity index (χ4n) is 3.41. The van der Waals surface area contributed by atoms with E-state index in [-0.39, 0.29) is 46.8 Å². The Balaban J connectivity index is 2.29. The molecule has 3 aromatic rings. The number of hydrogen-bond donors (Lipinski definition) is 3. The van der Waals surface area contributed by atoms with Crippen molar-refractivity contribution < 1.29 is 24.5 Å². The number of ketones is 1. The lowest BCUT2D eigenvalue weighted by molar-refractivity contribution is -0.116. The number of aromatic hydroxyl groups is 2. The molecule has 31 heavy (non-hydrogen) atoms. The summed E-state index contributed by atoms with van der Waals surface area (Å²) in [4.78, 5) is 23.8. The molecule has 0 saturated carbocycles. The molecule has 4 N–H and O–H groups in total. The number of rotatable bonds is 7. The van der Waals surface area contributed by atoms with E-state index in [2.05, 4.69) is 10.2 Å². The molecule has 1 heterocycles. The van der Waals surface area contributed by atoms with Crippen molar-refractivity contribution in [3.63, 3.8) is 0 Å². The number of Topliss-reactive ketones (excluding diaryl/α,β-unsaturated/α-hetero) is 1. The monoisotopic (exact) mass is 424 g/mol. The van der Waals surface area contributed by atoms with Gasteiger partial charge in [-0.15, -0.1) is 10.2 Å². The summed E-state index contributed by atoms with van der Waals surface area (Å²) in [6.07, 6.45) is 0.127. The highest BCUT2D eigenvalue weighted by Gasteiger charge is 2.24. The largest absolute Gasteiger partial charge is 0.508 e. The van der Waals surface area contributed by atoms with Crippen LogP contribution in [0.25, 0.3) is 17.1 Å². The summed E-state index contributed by atoms with van der Waals surface area (Å²) in [6.45, 7) is 5.26. The molecule has 3 rings (SSSR count). The molecule has 0 atom stereocenters. The Kier molecular flexibility index (Phi) is 5.96. The Labute approximate surface area is 179 Å². The number of methoxy groups -OCH3 is 1. The summed E-state index contributed by atoms with van der Waals surface area (Å²) in [7, 11) is 1.50. The first-order valence-electron chi connectivity index (χ1n) is 9.62. The van der Waals surface area contributed by atoms with Gasteiger partial charge in [-0.3, -0.25) is 14.2 Å². The summed E-state index contributed by atoms with van der Waals surface area (Å²) in [5.74, 6) is -0.662. The van der Waals surface area contributed by atoms with Crippen LogP contribution in [0.2, 0.25) is 0 Å². The van der Waals surface area contributed by atoms with Crippen LogP contribution in [0.3, 0.4) is 0 Å². The predicted octanol–water partition coefficient (Wildman–Crippen LogP) is 2.71. The average molecular weight is 424 g/mol. The third-order valence-electron chi connectivity index (χ3n) is 4.85. The van der Waals surface area contributed by atoms with Gasteiger partial charge in [0.05, 0.1) is 12.7 Å². The molecule has 0 spiro atoms. The molecule has 0 aliphatic heterocycles. The van der Waals surface area contributed by atoms with Gasteiger partial charge in [0.1, 0.15) is 23.0 Å². The Morgan fingerprint density at radius 1 is 1.13 bits per heavy atom. The zero-order chi connectivity index (χ0) is 22.9. The first-order chi connectivity index (χ1) is 14.6. The molecule has 9 heteroatoms.